The van der Waals surface area contributed by atoms with E-state index in [1.807, 2.05) is 21.8 Å². The minimum absolute atomic E-state index is 0.181. The van der Waals surface area contributed by atoms with Gasteiger partial charge in [0, 0.05) is 0 Å². The molecule has 1 aromatic carbocycles. The molecule has 0 N–H and O–H groups in total. The van der Waals surface area contributed by atoms with Gasteiger partial charge in [0.1, 0.15) is 0 Å². The molecule has 0 spiro atoms. The number of likely N-dealkylation sites (N-methyl/N-ethyl adjacent to an activating group) is 1. The molecule has 0 atom stereocenters. The van der Waals surface area contributed by atoms with Crippen molar-refractivity contribution in [1.82, 2.24) is 8.46 Å². The molecule has 0 unspecified atom stereocenters. The topological polar surface area (TPSA) is 25.2 Å². The summed E-state index contributed by atoms with van der Waals surface area (Å²) in [6, 6.07) is 7.98. The SMILES string of the molecule is CCN(CC)CCn1[se]c2ccccc2c1=O. The van der Waals surface area contributed by atoms with Crippen molar-refractivity contribution in [1.29, 1.82) is 0 Å². The fraction of sp³-hybridized carbons (Fsp3) is 0.462. The summed E-state index contributed by atoms with van der Waals surface area (Å²) in [7, 11) is 0. The van der Waals surface area contributed by atoms with Crippen LogP contribution in [0.25, 0.3) is 9.65 Å². The van der Waals surface area contributed by atoms with Gasteiger partial charge in [-0.1, -0.05) is 0 Å². The van der Waals surface area contributed by atoms with Crippen LogP contribution in [0.1, 0.15) is 13.8 Å². The van der Waals surface area contributed by atoms with Crippen LogP contribution in [0.3, 0.4) is 0 Å². The Labute approximate surface area is 108 Å². The zero-order valence-corrected chi connectivity index (χ0v) is 12.1. The first-order valence-electron chi connectivity index (χ1n) is 6.07. The Morgan fingerprint density at radius 1 is 1.24 bits per heavy atom. The van der Waals surface area contributed by atoms with Gasteiger partial charge in [-0.15, -0.1) is 0 Å². The Balaban J connectivity index is 2.19. The van der Waals surface area contributed by atoms with Gasteiger partial charge in [0.25, 0.3) is 0 Å². The standard InChI is InChI=1S/C13H18N2OSe/c1-3-14(4-2)9-10-15-13(16)11-7-5-6-8-12(11)17-15/h5-8H,3-4,9-10H2,1-2H3. The van der Waals surface area contributed by atoms with E-state index < -0.39 is 0 Å². The summed E-state index contributed by atoms with van der Waals surface area (Å²) >= 11 is 0.181. The van der Waals surface area contributed by atoms with E-state index in [1.54, 1.807) is 0 Å². The van der Waals surface area contributed by atoms with E-state index >= 15 is 0 Å². The van der Waals surface area contributed by atoms with Crippen molar-refractivity contribution >= 4 is 24.4 Å². The summed E-state index contributed by atoms with van der Waals surface area (Å²) in [5.74, 6) is 0. The zero-order valence-electron chi connectivity index (χ0n) is 10.3. The van der Waals surface area contributed by atoms with Gasteiger partial charge >= 0.3 is 107 Å². The molecule has 2 rings (SSSR count). The molecule has 2 aromatic rings. The molecule has 0 amide bonds. The Bertz CT molecular complexity index is 540. The average molecular weight is 297 g/mol. The molecule has 3 nitrogen and oxygen atoms in total. The van der Waals surface area contributed by atoms with Crippen LogP contribution in [0.15, 0.2) is 29.1 Å². The van der Waals surface area contributed by atoms with Crippen LogP contribution in [0.4, 0.5) is 0 Å². The number of fused-ring (bicyclic) bond motifs is 1. The molecule has 1 heterocycles. The van der Waals surface area contributed by atoms with E-state index in [9.17, 15) is 4.79 Å². The first-order valence-corrected chi connectivity index (χ1v) is 7.69. The first-order chi connectivity index (χ1) is 8.26. The zero-order chi connectivity index (χ0) is 12.3. The summed E-state index contributed by atoms with van der Waals surface area (Å²) in [5, 5.41) is 0.909. The maximum atomic E-state index is 12.1. The Morgan fingerprint density at radius 2 is 1.94 bits per heavy atom. The second-order valence-electron chi connectivity index (χ2n) is 4.02. The molecule has 0 saturated carbocycles. The fourth-order valence-corrected chi connectivity index (χ4v) is 4.00. The maximum absolute atomic E-state index is 12.1. The second kappa shape index (κ2) is 5.67. The third-order valence-corrected chi connectivity index (χ3v) is 5.42. The van der Waals surface area contributed by atoms with Crippen LogP contribution in [-0.4, -0.2) is 42.8 Å². The van der Waals surface area contributed by atoms with Crippen LogP contribution in [0, 0.1) is 0 Å². The normalized spacial score (nSPS) is 11.5. The molecule has 0 bridgehead atoms. The van der Waals surface area contributed by atoms with E-state index in [-0.39, 0.29) is 20.3 Å². The van der Waals surface area contributed by atoms with Crippen LogP contribution in [0.2, 0.25) is 0 Å². The third kappa shape index (κ3) is 2.71. The van der Waals surface area contributed by atoms with Crippen molar-refractivity contribution in [3.05, 3.63) is 34.6 Å². The molecule has 4 heteroatoms. The molecule has 0 aliphatic rings. The fourth-order valence-electron chi connectivity index (χ4n) is 1.94. The predicted octanol–water partition coefficient (Wildman–Crippen LogP) is 1.40. The van der Waals surface area contributed by atoms with Gasteiger partial charge in [-0.2, -0.15) is 0 Å². The molecule has 17 heavy (non-hydrogen) atoms. The van der Waals surface area contributed by atoms with E-state index in [1.165, 1.54) is 4.26 Å². The molecular formula is C13H18N2OSe. The number of hydrogen-bond donors (Lipinski definition) is 0. The average Bonchev–Trinajstić information content (AvgIpc) is 2.68. The molecule has 0 aliphatic carbocycles. The monoisotopic (exact) mass is 298 g/mol. The van der Waals surface area contributed by atoms with Crippen LogP contribution in [0.5, 0.6) is 0 Å². The molecule has 1 aromatic heterocycles. The molecule has 0 saturated heterocycles. The Hall–Kier alpha value is -0.831. The van der Waals surface area contributed by atoms with Gasteiger partial charge in [-0.25, -0.2) is 0 Å². The quantitative estimate of drug-likeness (QED) is 0.780. The van der Waals surface area contributed by atoms with Crippen molar-refractivity contribution in [2.24, 2.45) is 0 Å². The van der Waals surface area contributed by atoms with Crippen molar-refractivity contribution in [2.75, 3.05) is 19.6 Å². The van der Waals surface area contributed by atoms with Crippen LogP contribution < -0.4 is 5.56 Å². The van der Waals surface area contributed by atoms with Gasteiger partial charge in [-0.05, 0) is 0 Å². The first kappa shape index (κ1) is 12.6. The number of hydrogen-bond acceptors (Lipinski definition) is 2. The number of rotatable bonds is 5. The molecule has 92 valence electrons. The van der Waals surface area contributed by atoms with Crippen molar-refractivity contribution in [3.63, 3.8) is 0 Å². The summed E-state index contributed by atoms with van der Waals surface area (Å²) in [4.78, 5) is 14.5. The molecule has 0 radical (unpaired) electrons. The number of aromatic nitrogens is 1. The molecular weight excluding hydrogens is 279 g/mol. The summed E-state index contributed by atoms with van der Waals surface area (Å²) in [6.45, 7) is 8.27. The number of benzene rings is 1. The van der Waals surface area contributed by atoms with E-state index in [2.05, 4.69) is 24.8 Å². The molecule has 0 aliphatic heterocycles. The van der Waals surface area contributed by atoms with Gasteiger partial charge < -0.3 is 0 Å². The van der Waals surface area contributed by atoms with Gasteiger partial charge in [0.05, 0.1) is 0 Å². The Kier molecular flexibility index (Phi) is 4.21. The third-order valence-electron chi connectivity index (χ3n) is 3.07. The van der Waals surface area contributed by atoms with E-state index in [0.717, 1.165) is 31.6 Å². The Morgan fingerprint density at radius 3 is 2.59 bits per heavy atom. The van der Waals surface area contributed by atoms with Gasteiger partial charge in [0.15, 0.2) is 0 Å². The van der Waals surface area contributed by atoms with E-state index in [4.69, 9.17) is 0 Å². The summed E-state index contributed by atoms with van der Waals surface area (Å²) in [6.07, 6.45) is 0. The van der Waals surface area contributed by atoms with E-state index in [0.29, 0.717) is 0 Å². The van der Waals surface area contributed by atoms with Gasteiger partial charge in [0.2, 0.25) is 0 Å². The molecule has 0 fully saturated rings. The summed E-state index contributed by atoms with van der Waals surface area (Å²) in [5.41, 5.74) is 0.216. The second-order valence-corrected chi connectivity index (χ2v) is 6.25. The van der Waals surface area contributed by atoms with Gasteiger partial charge in [-0.3, -0.25) is 0 Å². The van der Waals surface area contributed by atoms with Crippen molar-refractivity contribution < 1.29 is 0 Å². The number of nitrogens with zero attached hydrogens (tertiary/aromatic N) is 2. The van der Waals surface area contributed by atoms with Crippen LogP contribution >= 0.6 is 0 Å². The van der Waals surface area contributed by atoms with Crippen LogP contribution in [-0.2, 0) is 6.54 Å². The minimum atomic E-state index is 0.181. The van der Waals surface area contributed by atoms with Crippen molar-refractivity contribution in [2.45, 2.75) is 20.4 Å². The van der Waals surface area contributed by atoms with Crippen molar-refractivity contribution in [3.8, 4) is 0 Å². The summed E-state index contributed by atoms with van der Waals surface area (Å²) < 4.78 is 3.24. The predicted molar refractivity (Wildman–Crippen MR) is 72.9 cm³/mol.